The summed E-state index contributed by atoms with van der Waals surface area (Å²) in [6.07, 6.45) is 5.69. The summed E-state index contributed by atoms with van der Waals surface area (Å²) in [5.41, 5.74) is 1.93. The molecular weight excluding hydrogens is 390 g/mol. The highest BCUT2D eigenvalue weighted by Gasteiger charge is 2.38. The summed E-state index contributed by atoms with van der Waals surface area (Å²) in [7, 11) is 1.39. The lowest BCUT2D eigenvalue weighted by atomic mass is 9.99. The third-order valence-electron chi connectivity index (χ3n) is 6.67. The van der Waals surface area contributed by atoms with Gasteiger partial charge in [-0.1, -0.05) is 24.3 Å². The molecule has 1 amide bonds. The maximum Gasteiger partial charge on any atom is 0.319 e. The molecule has 6 heteroatoms. The lowest BCUT2D eigenvalue weighted by molar-refractivity contribution is -0.144. The molecule has 0 radical (unpaired) electrons. The monoisotopic (exact) mass is 419 g/mol. The van der Waals surface area contributed by atoms with Crippen LogP contribution in [0.15, 0.2) is 36.4 Å². The Morgan fingerprint density at radius 2 is 1.87 bits per heavy atom. The van der Waals surface area contributed by atoms with E-state index >= 15 is 0 Å². The highest BCUT2D eigenvalue weighted by Crippen LogP contribution is 2.27. The number of methoxy groups -OCH3 is 1. The van der Waals surface area contributed by atoms with E-state index < -0.39 is 0 Å². The maximum absolute atomic E-state index is 13.3. The van der Waals surface area contributed by atoms with Crippen molar-refractivity contribution in [3.05, 3.63) is 47.5 Å². The Hall–Kier alpha value is -2.91. The molecular formula is C25H29N3O3. The zero-order valence-corrected chi connectivity index (χ0v) is 18.0. The molecule has 0 N–H and O–H groups in total. The van der Waals surface area contributed by atoms with Crippen molar-refractivity contribution < 1.29 is 14.3 Å². The van der Waals surface area contributed by atoms with Crippen molar-refractivity contribution in [2.75, 3.05) is 26.7 Å². The first-order valence-electron chi connectivity index (χ1n) is 11.1. The van der Waals surface area contributed by atoms with Gasteiger partial charge in [0.1, 0.15) is 0 Å². The van der Waals surface area contributed by atoms with Gasteiger partial charge in [-0.05, 0) is 73.5 Å². The van der Waals surface area contributed by atoms with Gasteiger partial charge in [0.15, 0.2) is 0 Å². The second-order valence-corrected chi connectivity index (χ2v) is 8.58. The summed E-state index contributed by atoms with van der Waals surface area (Å²) in [6.45, 7) is 1.77. The summed E-state index contributed by atoms with van der Waals surface area (Å²) in [6, 6.07) is 14.4. The number of hydrogen-bond donors (Lipinski definition) is 0. The zero-order valence-electron chi connectivity index (χ0n) is 18.0. The number of carbonyl (C=O) groups excluding carboxylic acids is 2. The second kappa shape index (κ2) is 9.49. The molecule has 6 nitrogen and oxygen atoms in total. The van der Waals surface area contributed by atoms with Gasteiger partial charge in [0.25, 0.3) is 0 Å². The highest BCUT2D eigenvalue weighted by molar-refractivity contribution is 5.85. The van der Waals surface area contributed by atoms with Gasteiger partial charge >= 0.3 is 5.97 Å². The van der Waals surface area contributed by atoms with Crippen LogP contribution in [-0.4, -0.2) is 60.5 Å². The molecule has 0 aromatic heterocycles. The molecule has 2 fully saturated rings. The molecule has 0 saturated carbocycles. The van der Waals surface area contributed by atoms with Gasteiger partial charge in [-0.2, -0.15) is 5.26 Å². The predicted molar refractivity (Wildman–Crippen MR) is 118 cm³/mol. The quantitative estimate of drug-likeness (QED) is 0.672. The number of likely N-dealkylation sites (tertiary alicyclic amines) is 2. The van der Waals surface area contributed by atoms with E-state index in [1.165, 1.54) is 12.7 Å². The number of ether oxygens (including phenoxy) is 1. The molecule has 31 heavy (non-hydrogen) atoms. The number of aryl methyl sites for hydroxylation is 1. The van der Waals surface area contributed by atoms with Crippen LogP contribution in [0.5, 0.6) is 0 Å². The second-order valence-electron chi connectivity index (χ2n) is 8.58. The predicted octanol–water partition coefficient (Wildman–Crippen LogP) is 3.27. The fourth-order valence-corrected chi connectivity index (χ4v) is 5.00. The van der Waals surface area contributed by atoms with Gasteiger partial charge < -0.3 is 9.64 Å². The van der Waals surface area contributed by atoms with E-state index in [9.17, 15) is 9.59 Å². The van der Waals surface area contributed by atoms with E-state index in [1.807, 2.05) is 23.1 Å². The number of hydrogen-bond acceptors (Lipinski definition) is 5. The first-order chi connectivity index (χ1) is 15.1. The van der Waals surface area contributed by atoms with Crippen molar-refractivity contribution in [2.45, 2.75) is 50.6 Å². The van der Waals surface area contributed by atoms with Crippen LogP contribution in [0, 0.1) is 11.3 Å². The van der Waals surface area contributed by atoms with E-state index in [0.717, 1.165) is 62.4 Å². The topological polar surface area (TPSA) is 73.6 Å². The molecule has 2 aromatic carbocycles. The van der Waals surface area contributed by atoms with Crippen LogP contribution < -0.4 is 0 Å². The fourth-order valence-electron chi connectivity index (χ4n) is 5.00. The molecule has 162 valence electrons. The van der Waals surface area contributed by atoms with E-state index in [2.05, 4.69) is 29.2 Å². The molecule has 4 rings (SSSR count). The minimum absolute atomic E-state index is 0.173. The molecule has 2 atom stereocenters. The van der Waals surface area contributed by atoms with Crippen LogP contribution in [0.2, 0.25) is 0 Å². The summed E-state index contributed by atoms with van der Waals surface area (Å²) in [5, 5.41) is 11.3. The Bertz CT molecular complexity index is 1010. The number of rotatable bonds is 6. The van der Waals surface area contributed by atoms with Crippen molar-refractivity contribution in [1.82, 2.24) is 9.80 Å². The number of esters is 1. The number of carbonyl (C=O) groups is 2. The maximum atomic E-state index is 13.3. The van der Waals surface area contributed by atoms with E-state index in [1.54, 1.807) is 0 Å². The first kappa shape index (κ1) is 21.3. The average Bonchev–Trinajstić information content (AvgIpc) is 3.46. The van der Waals surface area contributed by atoms with Crippen LogP contribution in [0.4, 0.5) is 0 Å². The molecule has 0 aliphatic carbocycles. The fraction of sp³-hybridized carbons (Fsp3) is 0.480. The Balaban J connectivity index is 1.39. The average molecular weight is 420 g/mol. The van der Waals surface area contributed by atoms with Crippen LogP contribution in [0.3, 0.4) is 0 Å². The third-order valence-corrected chi connectivity index (χ3v) is 6.67. The standard InChI is InChI=1S/C25H29N3O3/c1-31-24(29)17-27-12-3-5-23(27)25(30)28-13-2-4-22(28)11-8-18-6-9-21-15-19(16-26)7-10-20(21)14-18/h6-7,9-10,14-15,22-23H,2-5,8,11-13,17H2,1H3. The zero-order chi connectivity index (χ0) is 21.8. The normalized spacial score (nSPS) is 21.4. The van der Waals surface area contributed by atoms with Gasteiger partial charge in [-0.25, -0.2) is 0 Å². The first-order valence-corrected chi connectivity index (χ1v) is 11.1. The molecule has 2 aromatic rings. The minimum Gasteiger partial charge on any atom is -0.468 e. The molecule has 2 unspecified atom stereocenters. The number of amides is 1. The summed E-state index contributed by atoms with van der Waals surface area (Å²) in [4.78, 5) is 29.0. The number of benzene rings is 2. The number of nitriles is 1. The van der Waals surface area contributed by atoms with Crippen molar-refractivity contribution >= 4 is 22.6 Å². The Labute approximate surface area is 183 Å². The van der Waals surface area contributed by atoms with Crippen molar-refractivity contribution in [3.63, 3.8) is 0 Å². The lowest BCUT2D eigenvalue weighted by Gasteiger charge is -2.31. The molecule has 2 saturated heterocycles. The van der Waals surface area contributed by atoms with Gasteiger partial charge in [-0.15, -0.1) is 0 Å². The number of fused-ring (bicyclic) bond motifs is 1. The van der Waals surface area contributed by atoms with E-state index in [0.29, 0.717) is 5.56 Å². The van der Waals surface area contributed by atoms with Gasteiger partial charge in [0, 0.05) is 12.6 Å². The SMILES string of the molecule is COC(=O)CN1CCCC1C(=O)N1CCCC1CCc1ccc2cc(C#N)ccc2c1. The molecule has 0 spiro atoms. The Morgan fingerprint density at radius 3 is 2.68 bits per heavy atom. The Kier molecular flexibility index (Phi) is 6.53. The summed E-state index contributed by atoms with van der Waals surface area (Å²) >= 11 is 0. The van der Waals surface area contributed by atoms with Crippen LogP contribution in [-0.2, 0) is 20.7 Å². The highest BCUT2D eigenvalue weighted by atomic mass is 16.5. The van der Waals surface area contributed by atoms with Crippen molar-refractivity contribution in [2.24, 2.45) is 0 Å². The summed E-state index contributed by atoms with van der Waals surface area (Å²) in [5.74, 6) is -0.109. The molecule has 2 heterocycles. The van der Waals surface area contributed by atoms with Crippen LogP contribution in [0.1, 0.15) is 43.2 Å². The Morgan fingerprint density at radius 1 is 1.10 bits per heavy atom. The van der Waals surface area contributed by atoms with Gasteiger partial charge in [0.2, 0.25) is 5.91 Å². The largest absolute Gasteiger partial charge is 0.468 e. The minimum atomic E-state index is -0.282. The summed E-state index contributed by atoms with van der Waals surface area (Å²) < 4.78 is 4.80. The van der Waals surface area contributed by atoms with Gasteiger partial charge in [0.05, 0.1) is 31.3 Å². The van der Waals surface area contributed by atoms with E-state index in [-0.39, 0.29) is 30.5 Å². The molecule has 2 aliphatic heterocycles. The van der Waals surface area contributed by atoms with E-state index in [4.69, 9.17) is 10.00 Å². The molecule has 2 aliphatic rings. The van der Waals surface area contributed by atoms with Crippen molar-refractivity contribution in [1.29, 1.82) is 5.26 Å². The smallest absolute Gasteiger partial charge is 0.319 e. The number of nitrogens with zero attached hydrogens (tertiary/aromatic N) is 3. The van der Waals surface area contributed by atoms with Crippen LogP contribution in [0.25, 0.3) is 10.8 Å². The van der Waals surface area contributed by atoms with Gasteiger partial charge in [-0.3, -0.25) is 14.5 Å². The van der Waals surface area contributed by atoms with Crippen LogP contribution >= 0.6 is 0 Å². The third kappa shape index (κ3) is 4.72. The lowest BCUT2D eigenvalue weighted by Crippen LogP contribution is -2.48. The molecule has 0 bridgehead atoms. The van der Waals surface area contributed by atoms with Crippen molar-refractivity contribution in [3.8, 4) is 6.07 Å².